The van der Waals surface area contributed by atoms with E-state index in [1.54, 1.807) is 11.9 Å². The standard InChI is InChI=1S/C20H24N4O3/c1-21-20(27)17-7-4-12-24(17)19(26)13-22-18(25)11-10-15-9-8-14-5-2-3-6-16(14)23-15/h2-3,5-6,8-9,17H,4,7,10-13H2,1H3,(H,21,27)(H,22,25). The lowest BCUT2D eigenvalue weighted by Crippen LogP contribution is -2.48. The maximum Gasteiger partial charge on any atom is 0.242 e. The molecule has 1 aliphatic heterocycles. The van der Waals surface area contributed by atoms with Crippen LogP contribution in [0.25, 0.3) is 10.9 Å². The topological polar surface area (TPSA) is 91.4 Å². The van der Waals surface area contributed by atoms with Gasteiger partial charge in [-0.2, -0.15) is 0 Å². The highest BCUT2D eigenvalue weighted by molar-refractivity contribution is 5.90. The third kappa shape index (κ3) is 4.61. The first-order chi connectivity index (χ1) is 13.1. The van der Waals surface area contributed by atoms with Crippen LogP contribution >= 0.6 is 0 Å². The van der Waals surface area contributed by atoms with Crippen LogP contribution in [0.15, 0.2) is 36.4 Å². The van der Waals surface area contributed by atoms with Crippen LogP contribution in [-0.4, -0.2) is 53.8 Å². The third-order valence-corrected chi connectivity index (χ3v) is 4.82. The number of carbonyl (C=O) groups is 3. The Morgan fingerprint density at radius 1 is 1.19 bits per heavy atom. The Hall–Kier alpha value is -2.96. The first-order valence-electron chi connectivity index (χ1n) is 9.21. The maximum atomic E-state index is 12.3. The van der Waals surface area contributed by atoms with Gasteiger partial charge in [-0.3, -0.25) is 19.4 Å². The quantitative estimate of drug-likeness (QED) is 0.796. The minimum atomic E-state index is -0.429. The molecule has 0 radical (unpaired) electrons. The zero-order chi connectivity index (χ0) is 19.2. The predicted molar refractivity (Wildman–Crippen MR) is 102 cm³/mol. The molecule has 0 saturated carbocycles. The molecule has 1 atom stereocenters. The van der Waals surface area contributed by atoms with Gasteiger partial charge < -0.3 is 15.5 Å². The molecular formula is C20H24N4O3. The number of likely N-dealkylation sites (N-methyl/N-ethyl adjacent to an activating group) is 1. The molecule has 27 heavy (non-hydrogen) atoms. The highest BCUT2D eigenvalue weighted by Gasteiger charge is 2.33. The van der Waals surface area contributed by atoms with Crippen LogP contribution in [0.5, 0.6) is 0 Å². The van der Waals surface area contributed by atoms with Crippen molar-refractivity contribution in [2.75, 3.05) is 20.1 Å². The number of pyridine rings is 1. The number of carbonyl (C=O) groups excluding carboxylic acids is 3. The van der Waals surface area contributed by atoms with Crippen molar-refractivity contribution in [2.45, 2.75) is 31.7 Å². The Morgan fingerprint density at radius 3 is 2.81 bits per heavy atom. The van der Waals surface area contributed by atoms with Crippen molar-refractivity contribution in [1.29, 1.82) is 0 Å². The van der Waals surface area contributed by atoms with Gasteiger partial charge in [0.25, 0.3) is 0 Å². The van der Waals surface area contributed by atoms with Gasteiger partial charge in [0, 0.05) is 31.1 Å². The molecule has 1 aromatic carbocycles. The third-order valence-electron chi connectivity index (χ3n) is 4.82. The van der Waals surface area contributed by atoms with Gasteiger partial charge in [0.05, 0.1) is 12.1 Å². The van der Waals surface area contributed by atoms with E-state index >= 15 is 0 Å². The molecule has 0 spiro atoms. The SMILES string of the molecule is CNC(=O)C1CCCN1C(=O)CNC(=O)CCc1ccc2ccccc2n1. The van der Waals surface area contributed by atoms with Crippen LogP contribution in [0.1, 0.15) is 25.0 Å². The van der Waals surface area contributed by atoms with Crippen molar-refractivity contribution in [3.05, 3.63) is 42.1 Å². The van der Waals surface area contributed by atoms with E-state index in [9.17, 15) is 14.4 Å². The van der Waals surface area contributed by atoms with Crippen LogP contribution in [0, 0.1) is 0 Å². The van der Waals surface area contributed by atoms with Crippen molar-refractivity contribution in [1.82, 2.24) is 20.5 Å². The van der Waals surface area contributed by atoms with E-state index in [1.807, 2.05) is 36.4 Å². The average Bonchev–Trinajstić information content (AvgIpc) is 3.19. The highest BCUT2D eigenvalue weighted by Crippen LogP contribution is 2.17. The number of amides is 3. The summed E-state index contributed by atoms with van der Waals surface area (Å²) in [6.45, 7) is 0.464. The van der Waals surface area contributed by atoms with Gasteiger partial charge in [-0.15, -0.1) is 0 Å². The minimum absolute atomic E-state index is 0.0858. The van der Waals surface area contributed by atoms with Crippen LogP contribution in [0.2, 0.25) is 0 Å². The molecular weight excluding hydrogens is 344 g/mol. The first-order valence-corrected chi connectivity index (χ1v) is 9.21. The summed E-state index contributed by atoms with van der Waals surface area (Å²) >= 11 is 0. The zero-order valence-corrected chi connectivity index (χ0v) is 15.4. The molecule has 1 unspecified atom stereocenters. The van der Waals surface area contributed by atoms with Gasteiger partial charge in [0.1, 0.15) is 6.04 Å². The second-order valence-corrected chi connectivity index (χ2v) is 6.63. The van der Waals surface area contributed by atoms with E-state index in [0.717, 1.165) is 23.0 Å². The van der Waals surface area contributed by atoms with E-state index in [4.69, 9.17) is 0 Å². The normalized spacial score (nSPS) is 16.3. The molecule has 0 bridgehead atoms. The van der Waals surface area contributed by atoms with Crippen LogP contribution < -0.4 is 10.6 Å². The van der Waals surface area contributed by atoms with E-state index in [0.29, 0.717) is 19.4 Å². The maximum absolute atomic E-state index is 12.3. The van der Waals surface area contributed by atoms with Gasteiger partial charge in [0.2, 0.25) is 17.7 Å². The molecule has 1 aromatic heterocycles. The molecule has 142 valence electrons. The molecule has 1 aliphatic rings. The zero-order valence-electron chi connectivity index (χ0n) is 15.4. The molecule has 1 fully saturated rings. The Morgan fingerprint density at radius 2 is 2.00 bits per heavy atom. The number of hydrogen-bond donors (Lipinski definition) is 2. The van der Waals surface area contributed by atoms with Gasteiger partial charge >= 0.3 is 0 Å². The van der Waals surface area contributed by atoms with E-state index < -0.39 is 6.04 Å². The number of benzene rings is 1. The second kappa shape index (κ2) is 8.62. The molecule has 2 heterocycles. The number of nitrogens with one attached hydrogen (secondary N) is 2. The minimum Gasteiger partial charge on any atom is -0.357 e. The number of nitrogens with zero attached hydrogens (tertiary/aromatic N) is 2. The summed E-state index contributed by atoms with van der Waals surface area (Å²) in [6, 6.07) is 11.3. The molecule has 0 aliphatic carbocycles. The fourth-order valence-corrected chi connectivity index (χ4v) is 3.36. The molecule has 3 amide bonds. The number of aromatic nitrogens is 1. The smallest absolute Gasteiger partial charge is 0.242 e. The van der Waals surface area contributed by atoms with Gasteiger partial charge in [-0.25, -0.2) is 0 Å². The number of rotatable bonds is 6. The van der Waals surface area contributed by atoms with Crippen LogP contribution in [-0.2, 0) is 20.8 Å². The molecule has 7 heteroatoms. The second-order valence-electron chi connectivity index (χ2n) is 6.63. The molecule has 2 N–H and O–H groups in total. The number of hydrogen-bond acceptors (Lipinski definition) is 4. The van der Waals surface area contributed by atoms with Gasteiger partial charge in [-0.1, -0.05) is 24.3 Å². The van der Waals surface area contributed by atoms with Crippen molar-refractivity contribution < 1.29 is 14.4 Å². The lowest BCUT2D eigenvalue weighted by molar-refractivity contribution is -0.138. The summed E-state index contributed by atoms with van der Waals surface area (Å²) in [5.41, 5.74) is 1.74. The monoisotopic (exact) mass is 368 g/mol. The van der Waals surface area contributed by atoms with E-state index in [2.05, 4.69) is 15.6 Å². The summed E-state index contributed by atoms with van der Waals surface area (Å²) in [6.07, 6.45) is 2.23. The number of fused-ring (bicyclic) bond motifs is 1. The van der Waals surface area contributed by atoms with Crippen molar-refractivity contribution in [2.24, 2.45) is 0 Å². The summed E-state index contributed by atoms with van der Waals surface area (Å²) < 4.78 is 0. The van der Waals surface area contributed by atoms with Crippen molar-refractivity contribution in [3.63, 3.8) is 0 Å². The summed E-state index contributed by atoms with van der Waals surface area (Å²) in [7, 11) is 1.56. The lowest BCUT2D eigenvalue weighted by atomic mass is 10.1. The fourth-order valence-electron chi connectivity index (χ4n) is 3.36. The highest BCUT2D eigenvalue weighted by atomic mass is 16.2. The van der Waals surface area contributed by atoms with E-state index in [-0.39, 0.29) is 30.7 Å². The molecule has 7 nitrogen and oxygen atoms in total. The van der Waals surface area contributed by atoms with Crippen molar-refractivity contribution >= 4 is 28.6 Å². The summed E-state index contributed by atoms with van der Waals surface area (Å²) in [4.78, 5) is 42.3. The number of para-hydroxylation sites is 1. The predicted octanol–water partition coefficient (Wildman–Crippen LogP) is 1.02. The Kier molecular flexibility index (Phi) is 6.01. The van der Waals surface area contributed by atoms with E-state index in [1.165, 1.54) is 0 Å². The summed E-state index contributed by atoms with van der Waals surface area (Å²) in [5.74, 6) is -0.582. The molecule has 3 rings (SSSR count). The molecule has 2 aromatic rings. The van der Waals surface area contributed by atoms with Gasteiger partial charge in [0.15, 0.2) is 0 Å². The van der Waals surface area contributed by atoms with Gasteiger partial charge in [-0.05, 0) is 31.4 Å². The molecule has 1 saturated heterocycles. The fraction of sp³-hybridized carbons (Fsp3) is 0.400. The first kappa shape index (κ1) is 18.8. The van der Waals surface area contributed by atoms with Crippen molar-refractivity contribution in [3.8, 4) is 0 Å². The lowest BCUT2D eigenvalue weighted by Gasteiger charge is -2.23. The largest absolute Gasteiger partial charge is 0.357 e. The Bertz CT molecular complexity index is 852. The number of aryl methyl sites for hydroxylation is 1. The summed E-state index contributed by atoms with van der Waals surface area (Å²) in [5, 5.41) is 6.30. The average molecular weight is 368 g/mol. The van der Waals surface area contributed by atoms with Crippen LogP contribution in [0.4, 0.5) is 0 Å². The Balaban J connectivity index is 1.47. The Labute approximate surface area is 158 Å². The number of likely N-dealkylation sites (tertiary alicyclic amines) is 1. The van der Waals surface area contributed by atoms with Crippen LogP contribution in [0.3, 0.4) is 0 Å².